The number of rotatable bonds is 4. The molecule has 0 aliphatic carbocycles. The Labute approximate surface area is 183 Å². The Hall–Kier alpha value is -3.36. The summed E-state index contributed by atoms with van der Waals surface area (Å²) in [5.41, 5.74) is 3.45. The molecule has 2 saturated heterocycles. The number of aromatic amines is 2. The number of nitrogens with zero attached hydrogens (tertiary/aromatic N) is 2. The molecule has 0 spiro atoms. The van der Waals surface area contributed by atoms with Gasteiger partial charge in [-0.2, -0.15) is 0 Å². The van der Waals surface area contributed by atoms with Gasteiger partial charge >= 0.3 is 0 Å². The molecule has 8 nitrogen and oxygen atoms in total. The second-order valence-corrected chi connectivity index (χ2v) is 8.81. The molecule has 0 saturated carbocycles. The quantitative estimate of drug-likeness (QED) is 0.327. The Kier molecular flexibility index (Phi) is 4.03. The molecule has 0 amide bonds. The highest BCUT2D eigenvalue weighted by Crippen LogP contribution is 2.35. The highest BCUT2D eigenvalue weighted by molar-refractivity contribution is 5.96. The number of benzene rings is 1. The summed E-state index contributed by atoms with van der Waals surface area (Å²) < 4.78 is 12.3. The summed E-state index contributed by atoms with van der Waals surface area (Å²) in [5, 5.41) is 8.95. The van der Waals surface area contributed by atoms with Crippen molar-refractivity contribution < 1.29 is 8.83 Å². The van der Waals surface area contributed by atoms with Crippen molar-refractivity contribution in [3.8, 4) is 22.9 Å². The zero-order valence-electron chi connectivity index (χ0n) is 17.6. The van der Waals surface area contributed by atoms with Crippen molar-refractivity contribution in [2.75, 3.05) is 13.1 Å². The zero-order valence-corrected chi connectivity index (χ0v) is 17.6. The van der Waals surface area contributed by atoms with E-state index in [0.29, 0.717) is 12.1 Å². The summed E-state index contributed by atoms with van der Waals surface area (Å²) >= 11 is 0. The fourth-order valence-corrected chi connectivity index (χ4v) is 4.95. The number of hydrogen-bond donors (Lipinski definition) is 4. The van der Waals surface area contributed by atoms with Crippen molar-refractivity contribution in [1.82, 2.24) is 30.6 Å². The Morgan fingerprint density at radius 2 is 1.19 bits per heavy atom. The lowest BCUT2D eigenvalue weighted by atomic mass is 10.2. The first-order chi connectivity index (χ1) is 15.8. The van der Waals surface area contributed by atoms with Gasteiger partial charge in [-0.1, -0.05) is 0 Å². The normalized spacial score (nSPS) is 21.4. The van der Waals surface area contributed by atoms with Crippen LogP contribution in [0, 0.1) is 0 Å². The van der Waals surface area contributed by atoms with Crippen molar-refractivity contribution in [2.24, 2.45) is 0 Å². The second kappa shape index (κ2) is 7.08. The van der Waals surface area contributed by atoms with E-state index in [9.17, 15) is 0 Å². The third-order valence-corrected chi connectivity index (χ3v) is 6.66. The van der Waals surface area contributed by atoms with Gasteiger partial charge < -0.3 is 29.4 Å². The summed E-state index contributed by atoms with van der Waals surface area (Å²) in [6.07, 6.45) is 8.30. The number of fused-ring (bicyclic) bond motifs is 2. The van der Waals surface area contributed by atoms with Crippen LogP contribution in [0.2, 0.25) is 0 Å². The number of aromatic nitrogens is 4. The molecule has 2 atom stereocenters. The lowest BCUT2D eigenvalue weighted by Gasteiger charge is -2.04. The lowest BCUT2D eigenvalue weighted by molar-refractivity contribution is 0.608. The average Bonchev–Trinajstić information content (AvgIpc) is 3.65. The van der Waals surface area contributed by atoms with Crippen LogP contribution in [0.25, 0.3) is 44.8 Å². The molecular weight excluding hydrogens is 404 g/mol. The Balaban J connectivity index is 1.20. The molecule has 7 rings (SSSR count). The predicted octanol–water partition coefficient (Wildman–Crippen LogP) is 4.81. The average molecular weight is 428 g/mol. The number of nitrogens with one attached hydrogen (secondary N) is 4. The predicted molar refractivity (Wildman–Crippen MR) is 121 cm³/mol. The molecule has 0 radical (unpaired) electrons. The summed E-state index contributed by atoms with van der Waals surface area (Å²) in [6, 6.07) is 8.76. The molecule has 6 heterocycles. The van der Waals surface area contributed by atoms with Crippen LogP contribution >= 0.6 is 0 Å². The van der Waals surface area contributed by atoms with E-state index in [-0.39, 0.29) is 0 Å². The van der Waals surface area contributed by atoms with Crippen LogP contribution in [-0.2, 0) is 0 Å². The van der Waals surface area contributed by atoms with E-state index in [1.165, 1.54) is 12.8 Å². The molecule has 2 aliphatic rings. The van der Waals surface area contributed by atoms with Gasteiger partial charge in [-0.05, 0) is 63.0 Å². The van der Waals surface area contributed by atoms with Gasteiger partial charge in [0.15, 0.2) is 11.5 Å². The van der Waals surface area contributed by atoms with Crippen molar-refractivity contribution in [3.05, 3.63) is 48.3 Å². The highest BCUT2D eigenvalue weighted by Gasteiger charge is 2.22. The minimum atomic E-state index is 0.307. The maximum atomic E-state index is 6.16. The van der Waals surface area contributed by atoms with Crippen molar-refractivity contribution in [3.63, 3.8) is 0 Å². The Morgan fingerprint density at radius 1 is 0.688 bits per heavy atom. The first-order valence-electron chi connectivity index (χ1n) is 11.3. The van der Waals surface area contributed by atoms with Gasteiger partial charge in [-0.3, -0.25) is 0 Å². The van der Waals surface area contributed by atoms with Gasteiger partial charge in [0.2, 0.25) is 0 Å². The van der Waals surface area contributed by atoms with Gasteiger partial charge in [0.05, 0.1) is 24.5 Å². The van der Waals surface area contributed by atoms with E-state index in [1.807, 2.05) is 36.7 Å². The highest BCUT2D eigenvalue weighted by atomic mass is 16.3. The molecule has 8 heteroatoms. The third kappa shape index (κ3) is 2.98. The topological polar surface area (TPSA) is 108 Å². The van der Waals surface area contributed by atoms with Gasteiger partial charge in [-0.15, -0.1) is 0 Å². The van der Waals surface area contributed by atoms with Crippen LogP contribution in [-0.4, -0.2) is 33.0 Å². The summed E-state index contributed by atoms with van der Waals surface area (Å²) in [7, 11) is 0. The minimum Gasteiger partial charge on any atom is -0.454 e. The lowest BCUT2D eigenvalue weighted by Crippen LogP contribution is -2.14. The maximum Gasteiger partial charge on any atom is 0.153 e. The first kappa shape index (κ1) is 18.2. The molecule has 1 aromatic carbocycles. The summed E-state index contributed by atoms with van der Waals surface area (Å²) in [4.78, 5) is 15.9. The SMILES string of the molecule is c1nc([C@@H]2CCCN2)[nH]c1-c1cc2cc3oc(-c4cnc([C@@H]5CCCN5)[nH]4)cc3cc2o1. The van der Waals surface area contributed by atoms with E-state index in [0.717, 1.165) is 82.4 Å². The monoisotopic (exact) mass is 428 g/mol. The van der Waals surface area contributed by atoms with Crippen LogP contribution in [0.3, 0.4) is 0 Å². The maximum absolute atomic E-state index is 6.16. The van der Waals surface area contributed by atoms with Crippen LogP contribution in [0.15, 0.2) is 45.5 Å². The molecule has 4 aromatic heterocycles. The molecule has 5 aromatic rings. The Morgan fingerprint density at radius 3 is 1.62 bits per heavy atom. The van der Waals surface area contributed by atoms with Crippen LogP contribution in [0.4, 0.5) is 0 Å². The summed E-state index contributed by atoms with van der Waals surface area (Å²) in [5.74, 6) is 3.52. The van der Waals surface area contributed by atoms with Crippen LogP contribution in [0.5, 0.6) is 0 Å². The molecule has 162 valence electrons. The van der Waals surface area contributed by atoms with Gasteiger partial charge in [0.1, 0.15) is 34.2 Å². The van der Waals surface area contributed by atoms with E-state index in [4.69, 9.17) is 8.83 Å². The molecule has 0 unspecified atom stereocenters. The van der Waals surface area contributed by atoms with Crippen LogP contribution < -0.4 is 10.6 Å². The fourth-order valence-electron chi connectivity index (χ4n) is 4.95. The zero-order chi connectivity index (χ0) is 21.1. The van der Waals surface area contributed by atoms with Crippen molar-refractivity contribution >= 4 is 21.9 Å². The Bertz CT molecular complexity index is 1260. The number of hydrogen-bond acceptors (Lipinski definition) is 6. The molecule has 2 aliphatic heterocycles. The second-order valence-electron chi connectivity index (χ2n) is 8.81. The van der Waals surface area contributed by atoms with Crippen molar-refractivity contribution in [1.29, 1.82) is 0 Å². The minimum absolute atomic E-state index is 0.307. The number of imidazole rings is 2. The molecule has 2 fully saturated rings. The molecule has 32 heavy (non-hydrogen) atoms. The van der Waals surface area contributed by atoms with E-state index in [2.05, 4.69) is 30.6 Å². The molecular formula is C24H24N6O2. The third-order valence-electron chi connectivity index (χ3n) is 6.66. The number of H-pyrrole nitrogens is 2. The smallest absolute Gasteiger partial charge is 0.153 e. The molecule has 4 N–H and O–H groups in total. The number of furan rings is 2. The largest absolute Gasteiger partial charge is 0.454 e. The summed E-state index contributed by atoms with van der Waals surface area (Å²) in [6.45, 7) is 2.09. The first-order valence-corrected chi connectivity index (χ1v) is 11.3. The standard InChI is InChI=1S/C24H24N6O2/c1-3-15(25-5-1)23-27-11-17(29-23)21-9-13-7-20-14(8-19(13)31-21)10-22(32-20)18-12-28-24(30-18)16-4-2-6-26-16/h7-12,15-16,25-26H,1-6H2,(H,27,29)(H,28,30)/t15-,16-/m0/s1. The van der Waals surface area contributed by atoms with Gasteiger partial charge in [0, 0.05) is 10.8 Å². The molecule has 0 bridgehead atoms. The van der Waals surface area contributed by atoms with E-state index in [1.54, 1.807) is 0 Å². The van der Waals surface area contributed by atoms with Gasteiger partial charge in [-0.25, -0.2) is 9.97 Å². The van der Waals surface area contributed by atoms with E-state index >= 15 is 0 Å². The fraction of sp³-hybridized carbons (Fsp3) is 0.333. The van der Waals surface area contributed by atoms with E-state index < -0.39 is 0 Å². The van der Waals surface area contributed by atoms with Crippen molar-refractivity contribution in [2.45, 2.75) is 37.8 Å². The van der Waals surface area contributed by atoms with Crippen LogP contribution in [0.1, 0.15) is 49.4 Å². The van der Waals surface area contributed by atoms with Gasteiger partial charge in [0.25, 0.3) is 0 Å².